The Morgan fingerprint density at radius 3 is 2.45 bits per heavy atom. The Hall–Kier alpha value is -1.66. The number of H-pyrrole nitrogens is 1. The van der Waals surface area contributed by atoms with Crippen LogP contribution in [-0.2, 0) is 22.7 Å². The van der Waals surface area contributed by atoms with Gasteiger partial charge in [0, 0.05) is 6.20 Å². The van der Waals surface area contributed by atoms with Gasteiger partial charge in [-0.25, -0.2) is 8.42 Å². The summed E-state index contributed by atoms with van der Waals surface area (Å²) in [6.07, 6.45) is 7.12. The van der Waals surface area contributed by atoms with Gasteiger partial charge in [-0.1, -0.05) is 6.07 Å². The number of aromatic nitrogens is 2. The number of aryl methyl sites for hydroxylation is 2. The summed E-state index contributed by atoms with van der Waals surface area (Å²) in [7, 11) is -1.92. The smallest absolute Gasteiger partial charge is 0.209 e. The van der Waals surface area contributed by atoms with Crippen LogP contribution in [-0.4, -0.2) is 25.7 Å². The molecule has 1 heterocycles. The zero-order valence-electron chi connectivity index (χ0n) is 11.5. The topological polar surface area (TPSA) is 88.8 Å². The normalized spacial score (nSPS) is 14.1. The van der Waals surface area contributed by atoms with E-state index < -0.39 is 9.84 Å². The van der Waals surface area contributed by atoms with Crippen LogP contribution in [0.15, 0.2) is 40.4 Å². The minimum Gasteiger partial charge on any atom is -0.333 e. The highest BCUT2D eigenvalue weighted by molar-refractivity contribution is 7.91. The van der Waals surface area contributed by atoms with Crippen molar-refractivity contribution < 1.29 is 8.42 Å². The first-order valence-electron chi connectivity index (χ1n) is 6.61. The second kappa shape index (κ2) is 6.19. The maximum atomic E-state index is 12.3. The summed E-state index contributed by atoms with van der Waals surface area (Å²) >= 11 is 0. The van der Waals surface area contributed by atoms with Crippen molar-refractivity contribution in [1.82, 2.24) is 10.2 Å². The molecule has 1 aliphatic carbocycles. The predicted octanol–water partition coefficient (Wildman–Crippen LogP) is 1.70. The third-order valence-corrected chi connectivity index (χ3v) is 5.13. The molecule has 1 aromatic heterocycles. The minimum atomic E-state index is -3.42. The summed E-state index contributed by atoms with van der Waals surface area (Å²) in [5.74, 6) is 0. The molecule has 6 heteroatoms. The third-order valence-electron chi connectivity index (χ3n) is 3.41. The van der Waals surface area contributed by atoms with Gasteiger partial charge in [0.2, 0.25) is 9.84 Å². The number of hydrogen-bond donors (Lipinski definition) is 2. The van der Waals surface area contributed by atoms with Gasteiger partial charge in [-0.05, 0) is 56.0 Å². The van der Waals surface area contributed by atoms with Gasteiger partial charge in [0.05, 0.1) is 11.1 Å². The predicted molar refractivity (Wildman–Crippen MR) is 77.2 cm³/mol. The molecular weight excluding hydrogens is 274 g/mol. The lowest BCUT2D eigenvalue weighted by molar-refractivity contribution is 0.595. The number of nitrogens with one attached hydrogen (secondary N) is 1. The van der Waals surface area contributed by atoms with E-state index in [1.807, 2.05) is 12.1 Å². The lowest BCUT2D eigenvalue weighted by atomic mass is 9.92. The number of fused-ring (bicyclic) bond motifs is 1. The lowest BCUT2D eigenvalue weighted by Crippen LogP contribution is -2.06. The molecule has 0 atom stereocenters. The fourth-order valence-corrected chi connectivity index (χ4v) is 3.62. The van der Waals surface area contributed by atoms with Crippen molar-refractivity contribution >= 4 is 9.84 Å². The molecule has 3 N–H and O–H groups in total. The van der Waals surface area contributed by atoms with Crippen molar-refractivity contribution in [2.75, 3.05) is 7.05 Å². The lowest BCUT2D eigenvalue weighted by Gasteiger charge is -2.16. The Balaban J connectivity index is 0.000000704. The van der Waals surface area contributed by atoms with E-state index in [2.05, 4.69) is 15.9 Å². The van der Waals surface area contributed by atoms with Crippen molar-refractivity contribution in [3.63, 3.8) is 0 Å². The Labute approximate surface area is 119 Å². The summed E-state index contributed by atoms with van der Waals surface area (Å²) in [6, 6.07) is 5.46. The summed E-state index contributed by atoms with van der Waals surface area (Å²) in [5, 5.41) is 6.24. The first-order valence-corrected chi connectivity index (χ1v) is 8.10. The van der Waals surface area contributed by atoms with Gasteiger partial charge in [-0.3, -0.25) is 5.10 Å². The van der Waals surface area contributed by atoms with E-state index in [1.54, 1.807) is 6.07 Å². The molecule has 0 unspecified atom stereocenters. The molecule has 2 aromatic rings. The second-order valence-corrected chi connectivity index (χ2v) is 6.52. The Morgan fingerprint density at radius 1 is 1.10 bits per heavy atom. The molecule has 0 amide bonds. The highest BCUT2D eigenvalue weighted by Crippen LogP contribution is 2.26. The summed E-state index contributed by atoms with van der Waals surface area (Å²) < 4.78 is 24.6. The molecule has 0 fully saturated rings. The third kappa shape index (κ3) is 2.76. The molecular formula is C14H19N3O2S. The van der Waals surface area contributed by atoms with Crippen molar-refractivity contribution in [2.45, 2.75) is 35.5 Å². The zero-order chi connectivity index (χ0) is 14.6. The highest BCUT2D eigenvalue weighted by Gasteiger charge is 2.20. The molecule has 108 valence electrons. The van der Waals surface area contributed by atoms with Crippen LogP contribution in [0.3, 0.4) is 0 Å². The van der Waals surface area contributed by atoms with Crippen LogP contribution in [0.1, 0.15) is 24.0 Å². The number of aromatic amines is 1. The van der Waals surface area contributed by atoms with Gasteiger partial charge in [-0.2, -0.15) is 5.10 Å². The first-order chi connectivity index (χ1) is 9.68. The van der Waals surface area contributed by atoms with E-state index in [4.69, 9.17) is 0 Å². The van der Waals surface area contributed by atoms with Gasteiger partial charge in [0.1, 0.15) is 4.90 Å². The molecule has 0 aliphatic heterocycles. The van der Waals surface area contributed by atoms with Crippen LogP contribution in [0.4, 0.5) is 0 Å². The quantitative estimate of drug-likeness (QED) is 0.882. The van der Waals surface area contributed by atoms with E-state index in [0.29, 0.717) is 4.90 Å². The number of rotatable bonds is 2. The molecule has 0 saturated carbocycles. The minimum absolute atomic E-state index is 0.221. The number of sulfone groups is 1. The molecule has 0 saturated heterocycles. The SMILES string of the molecule is CN.O=S(=O)(c1cn[nH]c1)c1ccc2c(c1)CCCC2. The molecule has 20 heavy (non-hydrogen) atoms. The highest BCUT2D eigenvalue weighted by atomic mass is 32.2. The zero-order valence-corrected chi connectivity index (χ0v) is 12.3. The average Bonchev–Trinajstić information content (AvgIpc) is 3.04. The van der Waals surface area contributed by atoms with E-state index in [-0.39, 0.29) is 4.90 Å². The fourth-order valence-electron chi connectivity index (χ4n) is 2.40. The molecule has 1 aromatic carbocycles. The van der Waals surface area contributed by atoms with Crippen molar-refractivity contribution in [1.29, 1.82) is 0 Å². The Bertz CT molecular complexity index is 664. The van der Waals surface area contributed by atoms with Gasteiger partial charge in [0.15, 0.2) is 0 Å². The monoisotopic (exact) mass is 293 g/mol. The summed E-state index contributed by atoms with van der Waals surface area (Å²) in [4.78, 5) is 0.586. The van der Waals surface area contributed by atoms with Gasteiger partial charge < -0.3 is 5.73 Å². The second-order valence-electron chi connectivity index (χ2n) is 4.58. The number of benzene rings is 1. The van der Waals surface area contributed by atoms with Gasteiger partial charge in [0.25, 0.3) is 0 Å². The summed E-state index contributed by atoms with van der Waals surface area (Å²) in [5.41, 5.74) is 6.96. The first kappa shape index (κ1) is 14.7. The molecule has 3 rings (SSSR count). The van der Waals surface area contributed by atoms with Crippen LogP contribution >= 0.6 is 0 Å². The van der Waals surface area contributed by atoms with E-state index in [0.717, 1.165) is 19.3 Å². The standard InChI is InChI=1S/C13H14N2O2S.CH5N/c16-18(17,13-8-14-15-9-13)12-6-5-10-3-1-2-4-11(10)7-12;1-2/h5-9H,1-4H2,(H,14,15);2H2,1H3. The van der Waals surface area contributed by atoms with Crippen molar-refractivity contribution in [3.05, 3.63) is 41.7 Å². The van der Waals surface area contributed by atoms with Crippen LogP contribution in [0.2, 0.25) is 0 Å². The van der Waals surface area contributed by atoms with E-state index in [1.165, 1.54) is 37.0 Å². The molecule has 5 nitrogen and oxygen atoms in total. The number of nitrogens with zero attached hydrogens (tertiary/aromatic N) is 1. The Kier molecular flexibility index (Phi) is 4.57. The van der Waals surface area contributed by atoms with E-state index in [9.17, 15) is 8.42 Å². The largest absolute Gasteiger partial charge is 0.333 e. The van der Waals surface area contributed by atoms with Gasteiger partial charge in [-0.15, -0.1) is 0 Å². The average molecular weight is 293 g/mol. The van der Waals surface area contributed by atoms with Gasteiger partial charge >= 0.3 is 0 Å². The van der Waals surface area contributed by atoms with Crippen molar-refractivity contribution in [3.8, 4) is 0 Å². The van der Waals surface area contributed by atoms with Crippen molar-refractivity contribution in [2.24, 2.45) is 5.73 Å². The Morgan fingerprint density at radius 2 is 1.80 bits per heavy atom. The van der Waals surface area contributed by atoms with E-state index >= 15 is 0 Å². The number of nitrogens with two attached hydrogens (primary N) is 1. The molecule has 0 bridgehead atoms. The number of hydrogen-bond acceptors (Lipinski definition) is 4. The maximum absolute atomic E-state index is 12.3. The molecule has 0 spiro atoms. The maximum Gasteiger partial charge on any atom is 0.209 e. The fraction of sp³-hybridized carbons (Fsp3) is 0.357. The molecule has 0 radical (unpaired) electrons. The van der Waals surface area contributed by atoms with Crippen LogP contribution in [0.5, 0.6) is 0 Å². The van der Waals surface area contributed by atoms with Crippen LogP contribution in [0, 0.1) is 0 Å². The summed E-state index contributed by atoms with van der Waals surface area (Å²) in [6.45, 7) is 0. The van der Waals surface area contributed by atoms with Crippen LogP contribution in [0.25, 0.3) is 0 Å². The molecule has 1 aliphatic rings. The van der Waals surface area contributed by atoms with Crippen LogP contribution < -0.4 is 5.73 Å².